The van der Waals surface area contributed by atoms with E-state index in [1.807, 2.05) is 35.9 Å². The molecule has 0 aliphatic carbocycles. The molecule has 33 heavy (non-hydrogen) atoms. The summed E-state index contributed by atoms with van der Waals surface area (Å²) in [6.07, 6.45) is -1.19. The summed E-state index contributed by atoms with van der Waals surface area (Å²) in [4.78, 5) is 4.37. The van der Waals surface area contributed by atoms with Crippen molar-refractivity contribution in [2.45, 2.75) is 18.2 Å². The summed E-state index contributed by atoms with van der Waals surface area (Å²) < 4.78 is 76.1. The molecule has 11 heteroatoms. The number of hydrogen-bond donors (Lipinski definition) is 1. The van der Waals surface area contributed by atoms with Crippen molar-refractivity contribution in [3.05, 3.63) is 72.6 Å². The summed E-state index contributed by atoms with van der Waals surface area (Å²) in [6, 6.07) is 12.6. The lowest BCUT2D eigenvalue weighted by molar-refractivity contribution is -0.274. The van der Waals surface area contributed by atoms with Crippen molar-refractivity contribution in [3.8, 4) is 22.8 Å². The van der Waals surface area contributed by atoms with E-state index in [0.29, 0.717) is 11.3 Å². The summed E-state index contributed by atoms with van der Waals surface area (Å²) in [7, 11) is -2.74. The number of aryl methyl sites for hydroxylation is 1. The molecule has 0 unspecified atom stereocenters. The highest BCUT2D eigenvalue weighted by Gasteiger charge is 2.31. The monoisotopic (exact) mass is 477 g/mol. The Bertz CT molecular complexity index is 1420. The van der Waals surface area contributed by atoms with Crippen LogP contribution in [0.5, 0.6) is 11.5 Å². The molecular formula is C22H18F3N3O4S. The van der Waals surface area contributed by atoms with Crippen LogP contribution in [0.2, 0.25) is 0 Å². The molecule has 0 atom stereocenters. The van der Waals surface area contributed by atoms with Crippen LogP contribution in [-0.4, -0.2) is 31.3 Å². The van der Waals surface area contributed by atoms with Gasteiger partial charge in [-0.2, -0.15) is 0 Å². The van der Waals surface area contributed by atoms with Crippen LogP contribution in [0.4, 0.5) is 18.9 Å². The molecule has 0 saturated carbocycles. The number of nitrogens with zero attached hydrogens (tertiary/aromatic N) is 2. The number of anilines is 1. The maximum absolute atomic E-state index is 12.9. The van der Waals surface area contributed by atoms with Crippen molar-refractivity contribution < 1.29 is 31.1 Å². The minimum Gasteiger partial charge on any atom is -0.495 e. The fraction of sp³-hybridized carbons (Fsp3) is 0.136. The zero-order valence-corrected chi connectivity index (χ0v) is 18.2. The average molecular weight is 477 g/mol. The number of alkyl halides is 3. The number of pyridine rings is 1. The van der Waals surface area contributed by atoms with Crippen LogP contribution >= 0.6 is 0 Å². The number of rotatable bonds is 6. The van der Waals surface area contributed by atoms with E-state index in [2.05, 4.69) is 14.4 Å². The van der Waals surface area contributed by atoms with E-state index >= 15 is 0 Å². The van der Waals surface area contributed by atoms with Gasteiger partial charge >= 0.3 is 6.36 Å². The number of methoxy groups -OCH3 is 1. The number of halogens is 3. The lowest BCUT2D eigenvalue weighted by Gasteiger charge is -2.14. The average Bonchev–Trinajstić information content (AvgIpc) is 3.18. The number of imidazole rings is 1. The van der Waals surface area contributed by atoms with Crippen LogP contribution in [0.3, 0.4) is 0 Å². The Morgan fingerprint density at radius 1 is 1.06 bits per heavy atom. The molecule has 172 valence electrons. The molecule has 4 rings (SSSR count). The summed E-state index contributed by atoms with van der Waals surface area (Å²) in [6.45, 7) is 1.94. The normalized spacial score (nSPS) is 12.0. The highest BCUT2D eigenvalue weighted by atomic mass is 32.2. The lowest BCUT2D eigenvalue weighted by atomic mass is 10.1. The minimum atomic E-state index is -4.87. The van der Waals surface area contributed by atoms with Crippen molar-refractivity contribution in [1.29, 1.82) is 0 Å². The van der Waals surface area contributed by atoms with Crippen molar-refractivity contribution in [2.75, 3.05) is 11.8 Å². The van der Waals surface area contributed by atoms with Gasteiger partial charge in [-0.3, -0.25) is 4.72 Å². The van der Waals surface area contributed by atoms with Crippen molar-refractivity contribution in [2.24, 2.45) is 0 Å². The van der Waals surface area contributed by atoms with E-state index in [9.17, 15) is 21.6 Å². The first kappa shape index (κ1) is 22.5. The Labute approximate surface area is 187 Å². The molecule has 2 aromatic carbocycles. The molecule has 1 N–H and O–H groups in total. The van der Waals surface area contributed by atoms with Gasteiger partial charge < -0.3 is 13.9 Å². The third-order valence-electron chi connectivity index (χ3n) is 4.79. The molecule has 7 nitrogen and oxygen atoms in total. The number of sulfonamides is 1. The molecular weight excluding hydrogens is 459 g/mol. The summed E-state index contributed by atoms with van der Waals surface area (Å²) in [5.41, 5.74) is 3.17. The fourth-order valence-corrected chi connectivity index (χ4v) is 4.33. The lowest BCUT2D eigenvalue weighted by Crippen LogP contribution is -2.17. The maximum atomic E-state index is 12.9. The van der Waals surface area contributed by atoms with Crippen LogP contribution in [0.15, 0.2) is 71.9 Å². The molecule has 4 aromatic rings. The zero-order valence-electron chi connectivity index (χ0n) is 17.4. The molecule has 0 fully saturated rings. The van der Waals surface area contributed by atoms with Crippen LogP contribution in [-0.2, 0) is 10.0 Å². The first-order valence-electron chi connectivity index (χ1n) is 9.57. The van der Waals surface area contributed by atoms with E-state index in [1.165, 1.54) is 7.11 Å². The van der Waals surface area contributed by atoms with Crippen LogP contribution in [0.25, 0.3) is 16.9 Å². The van der Waals surface area contributed by atoms with Gasteiger partial charge in [-0.15, -0.1) is 13.2 Å². The first-order valence-corrected chi connectivity index (χ1v) is 11.1. The minimum absolute atomic E-state index is 0.152. The second-order valence-electron chi connectivity index (χ2n) is 7.09. The molecule has 2 aromatic heterocycles. The van der Waals surface area contributed by atoms with Gasteiger partial charge in [-0.1, -0.05) is 6.07 Å². The van der Waals surface area contributed by atoms with Gasteiger partial charge in [0, 0.05) is 18.0 Å². The number of fused-ring (bicyclic) bond motifs is 1. The van der Waals surface area contributed by atoms with Crippen molar-refractivity contribution >= 4 is 21.4 Å². The quantitative estimate of drug-likeness (QED) is 0.422. The topological polar surface area (TPSA) is 81.9 Å². The number of hydrogen-bond acceptors (Lipinski definition) is 5. The van der Waals surface area contributed by atoms with E-state index in [4.69, 9.17) is 4.74 Å². The van der Waals surface area contributed by atoms with Gasteiger partial charge in [0.15, 0.2) is 0 Å². The Morgan fingerprint density at radius 3 is 2.42 bits per heavy atom. The van der Waals surface area contributed by atoms with E-state index in [-0.39, 0.29) is 16.3 Å². The molecule has 0 bridgehead atoms. The first-order chi connectivity index (χ1) is 15.6. The van der Waals surface area contributed by atoms with Gasteiger partial charge in [0.2, 0.25) is 0 Å². The van der Waals surface area contributed by atoms with Gasteiger partial charge in [-0.25, -0.2) is 13.4 Å². The van der Waals surface area contributed by atoms with Gasteiger partial charge in [0.05, 0.1) is 23.4 Å². The number of ether oxygens (including phenoxy) is 2. The Kier molecular flexibility index (Phi) is 5.66. The largest absolute Gasteiger partial charge is 0.573 e. The molecule has 0 spiro atoms. The Balaban J connectivity index is 1.66. The van der Waals surface area contributed by atoms with Gasteiger partial charge in [0.25, 0.3) is 10.0 Å². The van der Waals surface area contributed by atoms with Crippen molar-refractivity contribution in [1.82, 2.24) is 9.38 Å². The summed E-state index contributed by atoms with van der Waals surface area (Å²) in [5.74, 6) is -0.262. The van der Waals surface area contributed by atoms with Gasteiger partial charge in [0.1, 0.15) is 17.1 Å². The standard InChI is InChI=1S/C22H18F3N3O4S/c1-14-4-3-11-28-13-19(26-21(14)28)15-5-10-20(31-2)18(12-15)27-33(29,30)17-8-6-16(7-9-17)32-22(23,24)25/h3-13,27H,1-2H3. The number of aromatic nitrogens is 2. The molecule has 0 aliphatic heterocycles. The molecule has 2 heterocycles. The van der Waals surface area contributed by atoms with Crippen molar-refractivity contribution in [3.63, 3.8) is 0 Å². The third-order valence-corrected chi connectivity index (χ3v) is 6.17. The molecule has 0 amide bonds. The van der Waals surface area contributed by atoms with E-state index < -0.39 is 22.1 Å². The van der Waals surface area contributed by atoms with Crippen LogP contribution in [0, 0.1) is 6.92 Å². The number of nitrogens with one attached hydrogen (secondary N) is 1. The SMILES string of the molecule is COc1ccc(-c2cn3cccc(C)c3n2)cc1NS(=O)(=O)c1ccc(OC(F)(F)F)cc1. The second-order valence-corrected chi connectivity index (χ2v) is 8.77. The van der Waals surface area contributed by atoms with E-state index in [1.54, 1.807) is 18.2 Å². The molecule has 0 radical (unpaired) electrons. The maximum Gasteiger partial charge on any atom is 0.573 e. The second kappa shape index (κ2) is 8.32. The summed E-state index contributed by atoms with van der Waals surface area (Å²) >= 11 is 0. The van der Waals surface area contributed by atoms with Crippen LogP contribution < -0.4 is 14.2 Å². The zero-order chi connectivity index (χ0) is 23.8. The van der Waals surface area contributed by atoms with E-state index in [0.717, 1.165) is 35.5 Å². The highest BCUT2D eigenvalue weighted by Crippen LogP contribution is 2.33. The predicted molar refractivity (Wildman–Crippen MR) is 116 cm³/mol. The Hall–Kier alpha value is -3.73. The van der Waals surface area contributed by atoms with Gasteiger partial charge in [-0.05, 0) is 61.0 Å². The third kappa shape index (κ3) is 4.87. The molecule has 0 saturated heterocycles. The molecule has 0 aliphatic rings. The Morgan fingerprint density at radius 2 is 1.79 bits per heavy atom. The summed E-state index contributed by atoms with van der Waals surface area (Å²) in [5, 5.41) is 0. The number of benzene rings is 2. The van der Waals surface area contributed by atoms with Crippen LogP contribution in [0.1, 0.15) is 5.56 Å². The smallest absolute Gasteiger partial charge is 0.495 e. The highest BCUT2D eigenvalue weighted by molar-refractivity contribution is 7.92. The predicted octanol–water partition coefficient (Wildman–Crippen LogP) is 5.02. The fourth-order valence-electron chi connectivity index (χ4n) is 3.26.